The van der Waals surface area contributed by atoms with Crippen LogP contribution in [0.5, 0.6) is 0 Å². The van der Waals surface area contributed by atoms with Gasteiger partial charge in [-0.1, -0.05) is 29.8 Å². The van der Waals surface area contributed by atoms with Gasteiger partial charge >= 0.3 is 0 Å². The van der Waals surface area contributed by atoms with E-state index in [1.807, 2.05) is 6.20 Å². The Morgan fingerprint density at radius 3 is 2.92 bits per heavy atom. The van der Waals surface area contributed by atoms with E-state index in [0.717, 1.165) is 18.0 Å². The molecular formula is C22H26N4. The van der Waals surface area contributed by atoms with Gasteiger partial charge in [-0.15, -0.1) is 0 Å². The standard InChI is InChI=1S/C22H26N4/c1-16-3-2-4-18(11-16)15-26-14-17-7-9-22(26,10-8-17)24-20-5-6-21-19(12-20)13-23-25-21/h2-6,11-13,17,24H,7-10,14-15H2,1H3,(H,23,25). The average molecular weight is 346 g/mol. The highest BCUT2D eigenvalue weighted by atomic mass is 15.3. The summed E-state index contributed by atoms with van der Waals surface area (Å²) in [7, 11) is 0. The lowest BCUT2D eigenvalue weighted by molar-refractivity contribution is -0.0220. The molecule has 0 spiro atoms. The number of rotatable bonds is 4. The van der Waals surface area contributed by atoms with Crippen LogP contribution in [-0.2, 0) is 6.54 Å². The van der Waals surface area contributed by atoms with Gasteiger partial charge in [-0.05, 0) is 62.3 Å². The van der Waals surface area contributed by atoms with Crippen LogP contribution >= 0.6 is 0 Å². The predicted octanol–water partition coefficient (Wildman–Crippen LogP) is 4.69. The molecule has 3 aromatic rings. The molecule has 2 N–H and O–H groups in total. The van der Waals surface area contributed by atoms with Crippen molar-refractivity contribution in [2.45, 2.75) is 44.8 Å². The lowest BCUT2D eigenvalue weighted by atomic mass is 9.75. The summed E-state index contributed by atoms with van der Waals surface area (Å²) < 4.78 is 0. The number of benzene rings is 2. The number of aryl methyl sites for hydroxylation is 1. The second-order valence-electron chi connectivity index (χ2n) is 8.14. The molecule has 2 saturated heterocycles. The van der Waals surface area contributed by atoms with Gasteiger partial charge in [0.2, 0.25) is 0 Å². The second kappa shape index (κ2) is 6.13. The van der Waals surface area contributed by atoms with Crippen molar-refractivity contribution < 1.29 is 0 Å². The summed E-state index contributed by atoms with van der Waals surface area (Å²) in [5, 5.41) is 12.3. The lowest BCUT2D eigenvalue weighted by Crippen LogP contribution is -2.62. The Bertz CT molecular complexity index is 921. The zero-order chi connectivity index (χ0) is 17.6. The smallest absolute Gasteiger partial charge is 0.0909 e. The Kier molecular flexibility index (Phi) is 3.75. The molecule has 2 aromatic carbocycles. The minimum absolute atomic E-state index is 0.0793. The number of nitrogens with one attached hydrogen (secondary N) is 2. The first kappa shape index (κ1) is 15.9. The van der Waals surface area contributed by atoms with Crippen LogP contribution in [0, 0.1) is 12.8 Å². The summed E-state index contributed by atoms with van der Waals surface area (Å²) in [6, 6.07) is 15.5. The third kappa shape index (κ3) is 2.78. The van der Waals surface area contributed by atoms with Crippen molar-refractivity contribution in [3.8, 4) is 0 Å². The Balaban J connectivity index is 1.44. The summed E-state index contributed by atoms with van der Waals surface area (Å²) in [5.74, 6) is 0.861. The Morgan fingerprint density at radius 1 is 1.19 bits per heavy atom. The van der Waals surface area contributed by atoms with Crippen molar-refractivity contribution in [2.24, 2.45) is 5.92 Å². The number of aromatic nitrogens is 2. The van der Waals surface area contributed by atoms with Crippen LogP contribution in [0.1, 0.15) is 36.8 Å². The number of nitrogens with zero attached hydrogens (tertiary/aromatic N) is 2. The van der Waals surface area contributed by atoms with E-state index in [2.05, 4.69) is 69.8 Å². The number of hydrogen-bond acceptors (Lipinski definition) is 3. The van der Waals surface area contributed by atoms with Crippen LogP contribution in [-0.4, -0.2) is 27.3 Å². The minimum atomic E-state index is 0.0793. The summed E-state index contributed by atoms with van der Waals surface area (Å²) in [4.78, 5) is 2.69. The molecule has 3 fully saturated rings. The molecule has 1 saturated carbocycles. The third-order valence-corrected chi connectivity index (χ3v) is 6.29. The fraction of sp³-hybridized carbons (Fsp3) is 0.409. The lowest BCUT2D eigenvalue weighted by Gasteiger charge is -2.55. The van der Waals surface area contributed by atoms with E-state index in [-0.39, 0.29) is 5.66 Å². The van der Waals surface area contributed by atoms with Gasteiger partial charge in [0, 0.05) is 24.2 Å². The summed E-state index contributed by atoms with van der Waals surface area (Å²) in [6.07, 6.45) is 7.04. The van der Waals surface area contributed by atoms with E-state index in [4.69, 9.17) is 0 Å². The van der Waals surface area contributed by atoms with E-state index < -0.39 is 0 Å². The Morgan fingerprint density at radius 2 is 2.08 bits per heavy atom. The fourth-order valence-electron chi connectivity index (χ4n) is 4.88. The summed E-state index contributed by atoms with van der Waals surface area (Å²) in [5.41, 5.74) is 5.14. The van der Waals surface area contributed by atoms with Gasteiger partial charge in [0.1, 0.15) is 0 Å². The first-order chi connectivity index (χ1) is 12.7. The highest BCUT2D eigenvalue weighted by molar-refractivity contribution is 5.81. The Hall–Kier alpha value is -2.33. The molecule has 0 radical (unpaired) electrons. The van der Waals surface area contributed by atoms with Gasteiger partial charge in [0.15, 0.2) is 0 Å². The molecule has 4 heteroatoms. The van der Waals surface area contributed by atoms with E-state index in [0.29, 0.717) is 0 Å². The summed E-state index contributed by atoms with van der Waals surface area (Å²) in [6.45, 7) is 4.41. The molecule has 26 heavy (non-hydrogen) atoms. The molecule has 0 atom stereocenters. The maximum absolute atomic E-state index is 4.15. The largest absolute Gasteiger partial charge is 0.367 e. The molecule has 134 valence electrons. The van der Waals surface area contributed by atoms with Gasteiger partial charge in [-0.3, -0.25) is 10.00 Å². The van der Waals surface area contributed by atoms with E-state index in [9.17, 15) is 0 Å². The number of hydrogen-bond donors (Lipinski definition) is 2. The van der Waals surface area contributed by atoms with Gasteiger partial charge in [-0.25, -0.2) is 0 Å². The van der Waals surface area contributed by atoms with Crippen molar-refractivity contribution in [3.05, 3.63) is 59.8 Å². The van der Waals surface area contributed by atoms with Crippen LogP contribution in [0.15, 0.2) is 48.7 Å². The first-order valence-electron chi connectivity index (χ1n) is 9.72. The average Bonchev–Trinajstić information content (AvgIpc) is 3.11. The molecular weight excluding hydrogens is 320 g/mol. The van der Waals surface area contributed by atoms with E-state index in [1.54, 1.807) is 0 Å². The fourth-order valence-corrected chi connectivity index (χ4v) is 4.88. The van der Waals surface area contributed by atoms with Gasteiger partial charge in [0.05, 0.1) is 17.4 Å². The monoisotopic (exact) mass is 346 g/mol. The number of fused-ring (bicyclic) bond motifs is 4. The molecule has 1 aromatic heterocycles. The Labute approximate surface area is 154 Å². The SMILES string of the molecule is Cc1cccc(CN2CC3CCC2(Nc2ccc4[nH]ncc4c2)CC3)c1. The molecule has 2 aliphatic heterocycles. The maximum atomic E-state index is 4.15. The predicted molar refractivity (Wildman–Crippen MR) is 106 cm³/mol. The highest BCUT2D eigenvalue weighted by Crippen LogP contribution is 2.44. The molecule has 0 amide bonds. The van der Waals surface area contributed by atoms with Crippen molar-refractivity contribution in [2.75, 3.05) is 11.9 Å². The number of aromatic amines is 1. The highest BCUT2D eigenvalue weighted by Gasteiger charge is 2.46. The molecule has 3 aliphatic rings. The van der Waals surface area contributed by atoms with Crippen molar-refractivity contribution in [3.63, 3.8) is 0 Å². The summed E-state index contributed by atoms with van der Waals surface area (Å²) >= 11 is 0. The molecule has 6 rings (SSSR count). The molecule has 1 aliphatic carbocycles. The first-order valence-corrected chi connectivity index (χ1v) is 9.72. The quantitative estimate of drug-likeness (QED) is 0.720. The number of anilines is 1. The topological polar surface area (TPSA) is 44.0 Å². The molecule has 0 unspecified atom stereocenters. The van der Waals surface area contributed by atoms with Crippen LogP contribution in [0.4, 0.5) is 5.69 Å². The van der Waals surface area contributed by atoms with Crippen LogP contribution < -0.4 is 5.32 Å². The zero-order valence-electron chi connectivity index (χ0n) is 15.3. The van der Waals surface area contributed by atoms with Crippen LogP contribution in [0.25, 0.3) is 10.9 Å². The van der Waals surface area contributed by atoms with Crippen molar-refractivity contribution in [1.82, 2.24) is 15.1 Å². The van der Waals surface area contributed by atoms with Crippen molar-refractivity contribution in [1.29, 1.82) is 0 Å². The second-order valence-corrected chi connectivity index (χ2v) is 8.14. The molecule has 4 nitrogen and oxygen atoms in total. The maximum Gasteiger partial charge on any atom is 0.0909 e. The minimum Gasteiger partial charge on any atom is -0.367 e. The van der Waals surface area contributed by atoms with Crippen LogP contribution in [0.2, 0.25) is 0 Å². The van der Waals surface area contributed by atoms with Gasteiger partial charge in [-0.2, -0.15) is 5.10 Å². The normalized spacial score (nSPS) is 25.7. The molecule has 3 heterocycles. The third-order valence-electron chi connectivity index (χ3n) is 6.29. The van der Waals surface area contributed by atoms with E-state index >= 15 is 0 Å². The molecule has 2 bridgehead atoms. The van der Waals surface area contributed by atoms with Gasteiger partial charge in [0.25, 0.3) is 0 Å². The van der Waals surface area contributed by atoms with Gasteiger partial charge < -0.3 is 5.32 Å². The van der Waals surface area contributed by atoms with Crippen LogP contribution in [0.3, 0.4) is 0 Å². The zero-order valence-corrected chi connectivity index (χ0v) is 15.3. The number of piperidine rings is 2. The van der Waals surface area contributed by atoms with Crippen molar-refractivity contribution >= 4 is 16.6 Å². The number of H-pyrrole nitrogens is 1. The van der Waals surface area contributed by atoms with E-state index in [1.165, 1.54) is 54.4 Å².